The molecule has 8 rings (SSSR count). The Hall–Kier alpha value is -6.38. The van der Waals surface area contributed by atoms with E-state index in [1.165, 1.54) is 27.1 Å². The van der Waals surface area contributed by atoms with Gasteiger partial charge >= 0.3 is 0 Å². The molecule has 0 fully saturated rings. The summed E-state index contributed by atoms with van der Waals surface area (Å²) in [6.07, 6.45) is 5.19. The highest BCUT2D eigenvalue weighted by molar-refractivity contribution is 6.00. The molecule has 0 bridgehead atoms. The molecule has 0 N–H and O–H groups in total. The second kappa shape index (κ2) is 14.6. The third-order valence-electron chi connectivity index (χ3n) is 9.64. The standard InChI is InChI=1S/C49H40N2/c1-2-3-5-16-37-31-33-43(34-32-37)51(49-30-15-20-39-18-9-11-28-47(39)49)45-26-13-22-41(36-45)40-21-12-25-44(35-40)50(42-23-6-4-7-24-42)48-29-14-19-38-17-8-10-27-46(38)48/h2,4,6-15,17-36H,1,3,5,16H2. The molecule has 8 aromatic carbocycles. The van der Waals surface area contributed by atoms with Crippen LogP contribution in [0.2, 0.25) is 0 Å². The first-order valence-corrected chi connectivity index (χ1v) is 17.8. The molecule has 2 nitrogen and oxygen atoms in total. The second-order valence-electron chi connectivity index (χ2n) is 13.0. The fourth-order valence-corrected chi connectivity index (χ4v) is 7.15. The Morgan fingerprint density at radius 1 is 0.412 bits per heavy atom. The molecular formula is C49H40N2. The third kappa shape index (κ3) is 6.65. The van der Waals surface area contributed by atoms with E-state index >= 15 is 0 Å². The molecule has 0 aromatic heterocycles. The lowest BCUT2D eigenvalue weighted by Gasteiger charge is -2.28. The van der Waals surface area contributed by atoms with Crippen LogP contribution in [-0.4, -0.2) is 0 Å². The molecule has 0 saturated heterocycles. The van der Waals surface area contributed by atoms with E-state index in [1.54, 1.807) is 0 Å². The number of rotatable bonds is 11. The van der Waals surface area contributed by atoms with Crippen molar-refractivity contribution in [2.45, 2.75) is 19.3 Å². The van der Waals surface area contributed by atoms with Crippen LogP contribution in [0.3, 0.4) is 0 Å². The Bertz CT molecular complexity index is 2420. The number of nitrogens with zero attached hydrogens (tertiary/aromatic N) is 2. The van der Waals surface area contributed by atoms with Gasteiger partial charge in [-0.3, -0.25) is 0 Å². The SMILES string of the molecule is C=CCCCc1ccc(N(c2cccc(-c3cccc(N(c4ccccc4)c4cccc5ccccc45)c3)c2)c2cccc3ccccc23)cc1. The molecule has 51 heavy (non-hydrogen) atoms. The minimum atomic E-state index is 1.03. The maximum absolute atomic E-state index is 3.89. The Morgan fingerprint density at radius 2 is 0.863 bits per heavy atom. The van der Waals surface area contributed by atoms with Crippen molar-refractivity contribution in [2.75, 3.05) is 9.80 Å². The minimum Gasteiger partial charge on any atom is -0.310 e. The first kappa shape index (κ1) is 31.9. The first-order chi connectivity index (χ1) is 25.3. The van der Waals surface area contributed by atoms with E-state index in [0.29, 0.717) is 0 Å². The molecule has 2 heteroatoms. The van der Waals surface area contributed by atoms with E-state index in [1.807, 2.05) is 6.08 Å². The summed E-state index contributed by atoms with van der Waals surface area (Å²) in [5.41, 5.74) is 10.5. The van der Waals surface area contributed by atoms with E-state index in [4.69, 9.17) is 0 Å². The van der Waals surface area contributed by atoms with Gasteiger partial charge in [0.15, 0.2) is 0 Å². The van der Waals surface area contributed by atoms with Gasteiger partial charge in [0, 0.05) is 33.5 Å². The second-order valence-corrected chi connectivity index (χ2v) is 13.0. The molecule has 0 spiro atoms. The molecule has 0 atom stereocenters. The largest absolute Gasteiger partial charge is 0.310 e. The van der Waals surface area contributed by atoms with Crippen molar-refractivity contribution in [2.24, 2.45) is 0 Å². The Kier molecular flexibility index (Phi) is 9.13. The van der Waals surface area contributed by atoms with Crippen LogP contribution in [0.15, 0.2) is 201 Å². The topological polar surface area (TPSA) is 6.48 Å². The lowest BCUT2D eigenvalue weighted by molar-refractivity contribution is 0.844. The smallest absolute Gasteiger partial charge is 0.0540 e. The van der Waals surface area contributed by atoms with Crippen molar-refractivity contribution in [1.82, 2.24) is 0 Å². The maximum Gasteiger partial charge on any atom is 0.0540 e. The molecule has 8 aromatic rings. The van der Waals surface area contributed by atoms with Crippen molar-refractivity contribution in [3.05, 3.63) is 206 Å². The summed E-state index contributed by atoms with van der Waals surface area (Å²) in [5.74, 6) is 0. The van der Waals surface area contributed by atoms with Crippen molar-refractivity contribution < 1.29 is 0 Å². The first-order valence-electron chi connectivity index (χ1n) is 17.8. The van der Waals surface area contributed by atoms with Gasteiger partial charge in [-0.15, -0.1) is 6.58 Å². The number of para-hydroxylation sites is 1. The number of benzene rings is 8. The highest BCUT2D eigenvalue weighted by Gasteiger charge is 2.18. The summed E-state index contributed by atoms with van der Waals surface area (Å²) in [4.78, 5) is 4.77. The van der Waals surface area contributed by atoms with Gasteiger partial charge in [0.25, 0.3) is 0 Å². The van der Waals surface area contributed by atoms with Crippen molar-refractivity contribution in [3.63, 3.8) is 0 Å². The number of hydrogen-bond acceptors (Lipinski definition) is 2. The molecule has 0 aliphatic carbocycles. The fourth-order valence-electron chi connectivity index (χ4n) is 7.15. The molecule has 0 aliphatic heterocycles. The lowest BCUT2D eigenvalue weighted by atomic mass is 10.0. The van der Waals surface area contributed by atoms with Gasteiger partial charge < -0.3 is 9.80 Å². The number of fused-ring (bicyclic) bond motifs is 2. The molecule has 0 unspecified atom stereocenters. The van der Waals surface area contributed by atoms with Crippen LogP contribution in [0.1, 0.15) is 18.4 Å². The number of unbranched alkanes of at least 4 members (excludes halogenated alkanes) is 1. The predicted molar refractivity (Wildman–Crippen MR) is 219 cm³/mol. The van der Waals surface area contributed by atoms with Gasteiger partial charge in [0.1, 0.15) is 0 Å². The van der Waals surface area contributed by atoms with Gasteiger partial charge in [-0.2, -0.15) is 0 Å². The summed E-state index contributed by atoms with van der Waals surface area (Å²) >= 11 is 0. The fraction of sp³-hybridized carbons (Fsp3) is 0.0612. The molecule has 0 heterocycles. The van der Waals surface area contributed by atoms with Crippen LogP contribution in [0.5, 0.6) is 0 Å². The van der Waals surface area contributed by atoms with Crippen LogP contribution in [0.4, 0.5) is 34.1 Å². The van der Waals surface area contributed by atoms with E-state index in [-0.39, 0.29) is 0 Å². The monoisotopic (exact) mass is 656 g/mol. The summed E-state index contributed by atoms with van der Waals surface area (Å²) in [6.45, 7) is 3.89. The van der Waals surface area contributed by atoms with Crippen molar-refractivity contribution >= 4 is 55.7 Å². The summed E-state index contributed by atoms with van der Waals surface area (Å²) in [5, 5.41) is 4.88. The van der Waals surface area contributed by atoms with Gasteiger partial charge in [-0.1, -0.05) is 133 Å². The van der Waals surface area contributed by atoms with Crippen molar-refractivity contribution in [3.8, 4) is 11.1 Å². The predicted octanol–water partition coefficient (Wildman–Crippen LogP) is 14.1. The summed E-state index contributed by atoms with van der Waals surface area (Å²) in [6, 6.07) is 68.0. The summed E-state index contributed by atoms with van der Waals surface area (Å²) in [7, 11) is 0. The van der Waals surface area contributed by atoms with Gasteiger partial charge in [-0.05, 0) is 107 Å². The van der Waals surface area contributed by atoms with E-state index in [9.17, 15) is 0 Å². The Labute approximate surface area is 301 Å². The maximum atomic E-state index is 3.89. The molecule has 246 valence electrons. The highest BCUT2D eigenvalue weighted by atomic mass is 15.1. The van der Waals surface area contributed by atoms with E-state index < -0.39 is 0 Å². The highest BCUT2D eigenvalue weighted by Crippen LogP contribution is 2.42. The zero-order valence-electron chi connectivity index (χ0n) is 28.7. The normalized spacial score (nSPS) is 11.1. The quantitative estimate of drug-likeness (QED) is 0.101. The van der Waals surface area contributed by atoms with Crippen LogP contribution < -0.4 is 9.80 Å². The van der Waals surface area contributed by atoms with Crippen LogP contribution in [-0.2, 0) is 6.42 Å². The van der Waals surface area contributed by atoms with Gasteiger partial charge in [0.2, 0.25) is 0 Å². The van der Waals surface area contributed by atoms with Crippen LogP contribution in [0, 0.1) is 0 Å². The van der Waals surface area contributed by atoms with Crippen LogP contribution >= 0.6 is 0 Å². The van der Waals surface area contributed by atoms with Gasteiger partial charge in [-0.25, -0.2) is 0 Å². The Morgan fingerprint density at radius 3 is 1.41 bits per heavy atom. The molecule has 0 saturated carbocycles. The number of hydrogen-bond donors (Lipinski definition) is 0. The van der Waals surface area contributed by atoms with Crippen molar-refractivity contribution in [1.29, 1.82) is 0 Å². The minimum absolute atomic E-state index is 1.03. The molecule has 0 amide bonds. The number of aryl methyl sites for hydroxylation is 1. The van der Waals surface area contributed by atoms with E-state index in [2.05, 4.69) is 204 Å². The molecule has 0 radical (unpaired) electrons. The van der Waals surface area contributed by atoms with Gasteiger partial charge in [0.05, 0.1) is 11.4 Å². The lowest BCUT2D eigenvalue weighted by Crippen LogP contribution is -2.11. The zero-order chi connectivity index (χ0) is 34.4. The third-order valence-corrected chi connectivity index (χ3v) is 9.64. The average molecular weight is 657 g/mol. The number of allylic oxidation sites excluding steroid dienone is 1. The average Bonchev–Trinajstić information content (AvgIpc) is 3.20. The van der Waals surface area contributed by atoms with E-state index in [0.717, 1.165) is 64.5 Å². The molecule has 0 aliphatic rings. The number of anilines is 6. The molecular weight excluding hydrogens is 617 g/mol. The Balaban J connectivity index is 1.23. The summed E-state index contributed by atoms with van der Waals surface area (Å²) < 4.78 is 0. The zero-order valence-corrected chi connectivity index (χ0v) is 28.7. The van der Waals surface area contributed by atoms with Crippen LogP contribution in [0.25, 0.3) is 32.7 Å².